The number of fused-ring (bicyclic) bond motifs is 5. The summed E-state index contributed by atoms with van der Waals surface area (Å²) in [6, 6.07) is 8.05. The number of carbonyl (C=O) groups is 5. The van der Waals surface area contributed by atoms with Gasteiger partial charge in [-0.15, -0.1) is 0 Å². The number of hydrogen-bond donors (Lipinski definition) is 2. The van der Waals surface area contributed by atoms with E-state index >= 15 is 0 Å². The Morgan fingerprint density at radius 1 is 0.854 bits per heavy atom. The largest absolute Gasteiger partial charge is 0.462 e. The predicted octanol–water partition coefficient (Wildman–Crippen LogP) is 2.59. The van der Waals surface area contributed by atoms with Gasteiger partial charge in [-0.05, 0) is 30.2 Å². The lowest BCUT2D eigenvalue weighted by Gasteiger charge is -2.69. The summed E-state index contributed by atoms with van der Waals surface area (Å²) >= 11 is 0. The van der Waals surface area contributed by atoms with Gasteiger partial charge in [-0.25, -0.2) is 4.79 Å². The van der Waals surface area contributed by atoms with E-state index < -0.39 is 94.4 Å². The number of hydrogen-bond acceptors (Lipinski definition) is 13. The third-order valence-corrected chi connectivity index (χ3v) is 11.0. The molecule has 2 saturated carbocycles. The zero-order valence-electron chi connectivity index (χ0n) is 28.4. The van der Waals surface area contributed by atoms with Crippen LogP contribution in [-0.4, -0.2) is 94.5 Å². The SMILES string of the molecule is CC(=O)O[C@H]1C[C@@]2(O)[C@@H](OC(=O)c3ccccc3)[C@@H]3[C@]4(OC(C)=O)CO[C@H]4C[C@H](OC(C)=O)[C@]3(C)[C@H](O)[C@H](OC(C)=O)C(=C1C)C2(C)C. The number of aliphatic hydroxyl groups is 2. The highest BCUT2D eigenvalue weighted by Gasteiger charge is 2.78. The molecule has 2 bridgehead atoms. The van der Waals surface area contributed by atoms with Crippen molar-refractivity contribution in [1.82, 2.24) is 0 Å². The van der Waals surface area contributed by atoms with E-state index in [0.29, 0.717) is 5.57 Å². The minimum Gasteiger partial charge on any atom is -0.462 e. The Morgan fingerprint density at radius 3 is 1.98 bits per heavy atom. The first kappa shape index (κ1) is 35.5. The highest BCUT2D eigenvalue weighted by molar-refractivity contribution is 5.89. The minimum absolute atomic E-state index is 0.0427. The van der Waals surface area contributed by atoms with Crippen LogP contribution in [0.4, 0.5) is 0 Å². The molecule has 4 aliphatic rings. The first-order valence-electron chi connectivity index (χ1n) is 16.0. The van der Waals surface area contributed by atoms with Crippen LogP contribution in [0.5, 0.6) is 0 Å². The molecule has 5 rings (SSSR count). The predicted molar refractivity (Wildman–Crippen MR) is 165 cm³/mol. The Labute approximate surface area is 278 Å². The van der Waals surface area contributed by atoms with Gasteiger partial charge in [0.1, 0.15) is 36.1 Å². The molecule has 13 nitrogen and oxygen atoms in total. The van der Waals surface area contributed by atoms with Gasteiger partial charge in [0, 0.05) is 51.4 Å². The average Bonchev–Trinajstić information content (AvgIpc) is 2.97. The van der Waals surface area contributed by atoms with Crippen LogP contribution in [0.3, 0.4) is 0 Å². The summed E-state index contributed by atoms with van der Waals surface area (Å²) in [5, 5.41) is 26.0. The zero-order valence-corrected chi connectivity index (χ0v) is 28.4. The van der Waals surface area contributed by atoms with Crippen molar-refractivity contribution >= 4 is 29.8 Å². The second-order valence-electron chi connectivity index (χ2n) is 14.1. The van der Waals surface area contributed by atoms with E-state index in [-0.39, 0.29) is 30.6 Å². The first-order valence-corrected chi connectivity index (χ1v) is 16.0. The van der Waals surface area contributed by atoms with Crippen molar-refractivity contribution in [3.8, 4) is 0 Å². The molecular weight excluding hydrogens is 628 g/mol. The quantitative estimate of drug-likeness (QED) is 0.256. The number of rotatable bonds is 6. The van der Waals surface area contributed by atoms with Gasteiger partial charge < -0.3 is 38.6 Å². The summed E-state index contributed by atoms with van der Waals surface area (Å²) in [6.07, 6.45) is -8.33. The smallest absolute Gasteiger partial charge is 0.338 e. The van der Waals surface area contributed by atoms with E-state index in [4.69, 9.17) is 28.4 Å². The number of aliphatic hydroxyl groups excluding tert-OH is 1. The van der Waals surface area contributed by atoms with E-state index in [9.17, 15) is 34.2 Å². The molecule has 13 heteroatoms. The molecule has 0 amide bonds. The number of esters is 5. The van der Waals surface area contributed by atoms with Crippen molar-refractivity contribution in [3.05, 3.63) is 47.0 Å². The molecule has 3 fully saturated rings. The molecular formula is C35H44O13. The van der Waals surface area contributed by atoms with Crippen molar-refractivity contribution in [3.63, 3.8) is 0 Å². The van der Waals surface area contributed by atoms with Crippen molar-refractivity contribution in [2.45, 2.75) is 116 Å². The maximum absolute atomic E-state index is 14.0. The third-order valence-electron chi connectivity index (χ3n) is 11.0. The molecule has 1 heterocycles. The molecule has 48 heavy (non-hydrogen) atoms. The molecule has 262 valence electrons. The lowest BCUT2D eigenvalue weighted by atomic mass is 9.44. The minimum atomic E-state index is -2.15. The topological polar surface area (TPSA) is 181 Å². The fourth-order valence-corrected chi connectivity index (χ4v) is 8.81. The van der Waals surface area contributed by atoms with Gasteiger partial charge in [-0.2, -0.15) is 0 Å². The van der Waals surface area contributed by atoms with Gasteiger partial charge in [-0.1, -0.05) is 39.0 Å². The van der Waals surface area contributed by atoms with Crippen LogP contribution in [-0.2, 0) is 47.6 Å². The summed E-state index contributed by atoms with van der Waals surface area (Å²) in [6.45, 7) is 11.1. The standard InChI is InChI=1S/C35H44O13/c1-17-23(44-18(2)36)15-35(42)30(47-31(41)22-12-10-9-11-13-22)28-33(8,29(40)27(46-20(4)38)26(17)32(35,6)7)24(45-19(3)37)14-25-34(28,16-43-25)48-21(5)39/h9-13,23-25,27-30,40,42H,14-16H2,1-8H3/t23-,24-,25-,27+,28-,29+,30-,33-,34-,35+/m0/s1. The van der Waals surface area contributed by atoms with E-state index in [2.05, 4.69) is 0 Å². The van der Waals surface area contributed by atoms with Crippen molar-refractivity contribution in [1.29, 1.82) is 0 Å². The van der Waals surface area contributed by atoms with Gasteiger partial charge in [-0.3, -0.25) is 19.2 Å². The second kappa shape index (κ2) is 12.3. The van der Waals surface area contributed by atoms with Gasteiger partial charge >= 0.3 is 29.8 Å². The highest BCUT2D eigenvalue weighted by Crippen LogP contribution is 2.65. The second-order valence-corrected chi connectivity index (χ2v) is 14.1. The maximum atomic E-state index is 14.0. The van der Waals surface area contributed by atoms with Gasteiger partial charge in [0.2, 0.25) is 0 Å². The summed E-state index contributed by atoms with van der Waals surface area (Å²) in [7, 11) is 0. The van der Waals surface area contributed by atoms with E-state index in [0.717, 1.165) is 6.92 Å². The van der Waals surface area contributed by atoms with Crippen LogP contribution >= 0.6 is 0 Å². The van der Waals surface area contributed by atoms with E-state index in [1.54, 1.807) is 45.9 Å². The Balaban J connectivity index is 1.89. The molecule has 0 spiro atoms. The summed E-state index contributed by atoms with van der Waals surface area (Å²) in [5.74, 6) is -5.00. The Kier molecular flexibility index (Phi) is 9.07. The lowest BCUT2D eigenvalue weighted by Crippen LogP contribution is -2.82. The van der Waals surface area contributed by atoms with Crippen LogP contribution in [0, 0.1) is 16.7 Å². The summed E-state index contributed by atoms with van der Waals surface area (Å²) in [5.41, 5.74) is -6.15. The van der Waals surface area contributed by atoms with Gasteiger partial charge in [0.25, 0.3) is 0 Å². The van der Waals surface area contributed by atoms with Crippen LogP contribution < -0.4 is 0 Å². The first-order chi connectivity index (χ1) is 22.3. The normalized spacial score (nSPS) is 38.0. The third kappa shape index (κ3) is 5.39. The van der Waals surface area contributed by atoms with Gasteiger partial charge in [0.15, 0.2) is 11.7 Å². The Morgan fingerprint density at radius 2 is 1.46 bits per heavy atom. The summed E-state index contributed by atoms with van der Waals surface area (Å²) < 4.78 is 35.9. The molecule has 1 saturated heterocycles. The van der Waals surface area contributed by atoms with Crippen molar-refractivity contribution in [2.75, 3.05) is 6.61 Å². The van der Waals surface area contributed by atoms with E-state index in [1.165, 1.54) is 32.9 Å². The fourth-order valence-electron chi connectivity index (χ4n) is 8.81. The van der Waals surface area contributed by atoms with Gasteiger partial charge in [0.05, 0.1) is 18.1 Å². The Bertz CT molecular complexity index is 1530. The molecule has 0 unspecified atom stereocenters. The molecule has 10 atom stereocenters. The van der Waals surface area contributed by atoms with Crippen LogP contribution in [0.15, 0.2) is 41.5 Å². The molecule has 3 aliphatic carbocycles. The van der Waals surface area contributed by atoms with Crippen LogP contribution in [0.1, 0.15) is 78.6 Å². The fraction of sp³-hybridized carbons (Fsp3) is 0.629. The monoisotopic (exact) mass is 672 g/mol. The molecule has 0 aromatic heterocycles. The average molecular weight is 673 g/mol. The van der Waals surface area contributed by atoms with Crippen molar-refractivity contribution in [2.24, 2.45) is 16.7 Å². The van der Waals surface area contributed by atoms with Crippen LogP contribution in [0.25, 0.3) is 0 Å². The van der Waals surface area contributed by atoms with E-state index in [1.807, 2.05) is 0 Å². The lowest BCUT2D eigenvalue weighted by molar-refractivity contribution is -0.365. The molecule has 1 aromatic rings. The number of carbonyl (C=O) groups excluding carboxylic acids is 5. The molecule has 0 radical (unpaired) electrons. The van der Waals surface area contributed by atoms with Crippen molar-refractivity contribution < 1.29 is 62.6 Å². The Hall–Kier alpha value is -3.81. The zero-order chi connectivity index (χ0) is 35.6. The highest BCUT2D eigenvalue weighted by atomic mass is 16.6. The molecule has 1 aromatic carbocycles. The van der Waals surface area contributed by atoms with Crippen LogP contribution in [0.2, 0.25) is 0 Å². The number of benzene rings is 1. The maximum Gasteiger partial charge on any atom is 0.338 e. The molecule has 1 aliphatic heterocycles. The summed E-state index contributed by atoms with van der Waals surface area (Å²) in [4.78, 5) is 64.6. The molecule has 2 N–H and O–H groups in total. The number of ether oxygens (including phenoxy) is 6.